The molecule has 0 atom stereocenters. The van der Waals surface area contributed by atoms with Crippen molar-refractivity contribution >= 4 is 33.3 Å². The monoisotopic (exact) mass is 449 g/mol. The first-order chi connectivity index (χ1) is 14.7. The number of fused-ring (bicyclic) bond motifs is 1. The van der Waals surface area contributed by atoms with E-state index in [0.29, 0.717) is 21.2 Å². The van der Waals surface area contributed by atoms with Gasteiger partial charge in [-0.05, 0) is 56.8 Å². The Hall–Kier alpha value is -3.10. The molecule has 8 heteroatoms. The van der Waals surface area contributed by atoms with E-state index < -0.39 is 10.0 Å². The van der Waals surface area contributed by atoms with Gasteiger partial charge in [0.2, 0.25) is 5.78 Å². The highest BCUT2D eigenvalue weighted by atomic mass is 32.2. The van der Waals surface area contributed by atoms with Crippen LogP contribution in [0.3, 0.4) is 0 Å². The van der Waals surface area contributed by atoms with Gasteiger partial charge in [0, 0.05) is 22.5 Å². The van der Waals surface area contributed by atoms with E-state index in [-0.39, 0.29) is 16.4 Å². The van der Waals surface area contributed by atoms with Gasteiger partial charge in [-0.25, -0.2) is 9.97 Å². The standard InChI is InChI=1S/C23H19N3O3S2/c1-14-8-10-17(11-9-14)31(28,29)26-20-13-21(22(27)19-7-5-4-6-18(19)20)30-23-24-15(2)12-16(3)25-23/h4-13H,1-3H3/b26-20-. The number of sulfonamides is 1. The van der Waals surface area contributed by atoms with E-state index in [2.05, 4.69) is 14.4 Å². The fraction of sp³-hybridized carbons (Fsp3) is 0.130. The molecule has 1 aromatic heterocycles. The lowest BCUT2D eigenvalue weighted by molar-refractivity contribution is 0.104. The molecule has 3 aromatic rings. The molecule has 0 saturated carbocycles. The second-order valence-electron chi connectivity index (χ2n) is 7.18. The summed E-state index contributed by atoms with van der Waals surface area (Å²) in [6.07, 6.45) is 1.50. The summed E-state index contributed by atoms with van der Waals surface area (Å²) in [4.78, 5) is 22.2. The van der Waals surface area contributed by atoms with Crippen molar-refractivity contribution in [1.82, 2.24) is 9.97 Å². The second-order valence-corrected chi connectivity index (χ2v) is 9.80. The summed E-state index contributed by atoms with van der Waals surface area (Å²) in [6, 6.07) is 15.2. The third-order valence-corrected chi connectivity index (χ3v) is 6.83. The fourth-order valence-corrected chi connectivity index (χ4v) is 5.13. The van der Waals surface area contributed by atoms with Gasteiger partial charge in [0.1, 0.15) is 0 Å². The molecule has 0 fully saturated rings. The van der Waals surface area contributed by atoms with Gasteiger partial charge in [0.25, 0.3) is 10.0 Å². The summed E-state index contributed by atoms with van der Waals surface area (Å²) in [5.74, 6) is -0.213. The molecular formula is C23H19N3O3S2. The van der Waals surface area contributed by atoms with E-state index >= 15 is 0 Å². The van der Waals surface area contributed by atoms with Crippen LogP contribution in [0.15, 0.2) is 80.0 Å². The minimum atomic E-state index is -3.96. The van der Waals surface area contributed by atoms with Crippen molar-refractivity contribution in [3.63, 3.8) is 0 Å². The van der Waals surface area contributed by atoms with Crippen molar-refractivity contribution in [2.75, 3.05) is 0 Å². The quantitative estimate of drug-likeness (QED) is 0.547. The zero-order valence-corrected chi connectivity index (χ0v) is 18.8. The van der Waals surface area contributed by atoms with Crippen LogP contribution in [0.25, 0.3) is 0 Å². The predicted octanol–water partition coefficient (Wildman–Crippen LogP) is 4.45. The van der Waals surface area contributed by atoms with Gasteiger partial charge in [-0.2, -0.15) is 12.8 Å². The molecule has 156 valence electrons. The third-order valence-electron chi connectivity index (χ3n) is 4.64. The number of hydrogen-bond donors (Lipinski definition) is 0. The number of aromatic nitrogens is 2. The first-order valence-corrected chi connectivity index (χ1v) is 11.8. The molecule has 31 heavy (non-hydrogen) atoms. The number of benzene rings is 2. The molecule has 0 amide bonds. The number of hydrogen-bond acceptors (Lipinski definition) is 6. The van der Waals surface area contributed by atoms with Crippen LogP contribution < -0.4 is 0 Å². The molecule has 6 nitrogen and oxygen atoms in total. The average Bonchev–Trinajstić information content (AvgIpc) is 2.71. The van der Waals surface area contributed by atoms with Crippen LogP contribution in [0.5, 0.6) is 0 Å². The normalized spacial score (nSPS) is 15.0. The van der Waals surface area contributed by atoms with Crippen LogP contribution >= 0.6 is 11.8 Å². The van der Waals surface area contributed by atoms with Crippen molar-refractivity contribution in [3.8, 4) is 0 Å². The molecule has 0 unspecified atom stereocenters. The molecule has 1 heterocycles. The lowest BCUT2D eigenvalue weighted by Gasteiger charge is -2.17. The van der Waals surface area contributed by atoms with Crippen LogP contribution in [0.1, 0.15) is 32.9 Å². The van der Waals surface area contributed by atoms with Gasteiger partial charge in [-0.1, -0.05) is 42.0 Å². The van der Waals surface area contributed by atoms with Gasteiger partial charge in [-0.15, -0.1) is 0 Å². The average molecular weight is 450 g/mol. The van der Waals surface area contributed by atoms with Crippen LogP contribution in [-0.2, 0) is 10.0 Å². The van der Waals surface area contributed by atoms with Gasteiger partial charge >= 0.3 is 0 Å². The zero-order chi connectivity index (χ0) is 22.2. The SMILES string of the molecule is Cc1ccc(S(=O)(=O)/N=C2/C=C(Sc3nc(C)cc(C)n3)C(=O)c3ccccc32)cc1. The first kappa shape index (κ1) is 21.1. The van der Waals surface area contributed by atoms with Gasteiger partial charge in [0.15, 0.2) is 5.16 Å². The van der Waals surface area contributed by atoms with Crippen molar-refractivity contribution in [1.29, 1.82) is 0 Å². The molecule has 0 N–H and O–H groups in total. The van der Waals surface area contributed by atoms with Crippen molar-refractivity contribution in [3.05, 3.63) is 93.7 Å². The molecular weight excluding hydrogens is 430 g/mol. The number of rotatable bonds is 4. The van der Waals surface area contributed by atoms with Gasteiger partial charge < -0.3 is 0 Å². The molecule has 0 radical (unpaired) electrons. The third kappa shape index (κ3) is 4.50. The molecule has 0 saturated heterocycles. The Bertz CT molecular complexity index is 1340. The van der Waals surface area contributed by atoms with Crippen LogP contribution in [0.4, 0.5) is 0 Å². The Morgan fingerprint density at radius 2 is 1.48 bits per heavy atom. The molecule has 1 aliphatic carbocycles. The van der Waals surface area contributed by atoms with Crippen molar-refractivity contribution in [2.24, 2.45) is 4.40 Å². The highest BCUT2D eigenvalue weighted by Gasteiger charge is 2.27. The lowest BCUT2D eigenvalue weighted by atomic mass is 9.94. The molecule has 0 bridgehead atoms. The summed E-state index contributed by atoms with van der Waals surface area (Å²) in [5, 5.41) is 0.428. The maximum absolute atomic E-state index is 13.1. The van der Waals surface area contributed by atoms with E-state index in [0.717, 1.165) is 28.7 Å². The van der Waals surface area contributed by atoms with E-state index in [4.69, 9.17) is 0 Å². The summed E-state index contributed by atoms with van der Waals surface area (Å²) in [7, 11) is -3.96. The number of ketones is 1. The second kappa shape index (κ2) is 8.20. The van der Waals surface area contributed by atoms with Crippen LogP contribution in [0.2, 0.25) is 0 Å². The van der Waals surface area contributed by atoms with E-state index in [1.165, 1.54) is 18.2 Å². The summed E-state index contributed by atoms with van der Waals surface area (Å²) >= 11 is 1.11. The first-order valence-electron chi connectivity index (χ1n) is 9.50. The topological polar surface area (TPSA) is 89.3 Å². The Labute approximate surface area is 185 Å². The predicted molar refractivity (Wildman–Crippen MR) is 121 cm³/mol. The molecule has 2 aromatic carbocycles. The smallest absolute Gasteiger partial charge is 0.282 e. The highest BCUT2D eigenvalue weighted by molar-refractivity contribution is 8.04. The van der Waals surface area contributed by atoms with Crippen molar-refractivity contribution < 1.29 is 13.2 Å². The Morgan fingerprint density at radius 1 is 0.871 bits per heavy atom. The van der Waals surface area contributed by atoms with E-state index in [1.54, 1.807) is 36.4 Å². The maximum Gasteiger partial charge on any atom is 0.282 e. The molecule has 1 aliphatic rings. The van der Waals surface area contributed by atoms with E-state index in [9.17, 15) is 13.2 Å². The van der Waals surface area contributed by atoms with Gasteiger partial charge in [0.05, 0.1) is 15.5 Å². The number of thioether (sulfide) groups is 1. The largest absolute Gasteiger partial charge is 0.288 e. The summed E-state index contributed by atoms with van der Waals surface area (Å²) < 4.78 is 29.9. The Kier molecular flexibility index (Phi) is 5.60. The Morgan fingerprint density at radius 3 is 2.13 bits per heavy atom. The molecule has 4 rings (SSSR count). The number of nitrogens with zero attached hydrogens (tertiary/aromatic N) is 3. The lowest BCUT2D eigenvalue weighted by Crippen LogP contribution is -2.17. The summed E-state index contributed by atoms with van der Waals surface area (Å²) in [5.41, 5.74) is 3.61. The number of carbonyl (C=O) groups is 1. The number of aryl methyl sites for hydroxylation is 3. The molecule has 0 aliphatic heterocycles. The molecule has 0 spiro atoms. The number of Topliss-reactive ketones (excluding diaryl/α,β-unsaturated/α-hetero) is 1. The van der Waals surface area contributed by atoms with Crippen LogP contribution in [-0.4, -0.2) is 29.9 Å². The number of carbonyl (C=O) groups excluding carboxylic acids is 1. The Balaban J connectivity index is 1.82. The maximum atomic E-state index is 13.1. The van der Waals surface area contributed by atoms with Gasteiger partial charge in [-0.3, -0.25) is 4.79 Å². The summed E-state index contributed by atoms with van der Waals surface area (Å²) in [6.45, 7) is 5.59. The van der Waals surface area contributed by atoms with E-state index in [1.807, 2.05) is 26.8 Å². The zero-order valence-electron chi connectivity index (χ0n) is 17.2. The van der Waals surface area contributed by atoms with Crippen LogP contribution in [0, 0.1) is 20.8 Å². The fourth-order valence-electron chi connectivity index (χ4n) is 3.19. The highest BCUT2D eigenvalue weighted by Crippen LogP contribution is 2.33. The minimum absolute atomic E-state index is 0.0974. The van der Waals surface area contributed by atoms with Crippen molar-refractivity contribution in [2.45, 2.75) is 30.8 Å². The minimum Gasteiger partial charge on any atom is -0.288 e. The number of allylic oxidation sites excluding steroid dienone is 2.